The van der Waals surface area contributed by atoms with E-state index in [1.165, 1.54) is 0 Å². The maximum Gasteiger partial charge on any atom is 0.408 e. The average molecular weight is 489 g/mol. The van der Waals surface area contributed by atoms with Crippen LogP contribution in [0.15, 0.2) is 30.7 Å². The van der Waals surface area contributed by atoms with Crippen LogP contribution in [0.2, 0.25) is 0 Å². The molecule has 2 unspecified atom stereocenters. The van der Waals surface area contributed by atoms with Gasteiger partial charge in [-0.15, -0.1) is 0 Å². The molecule has 1 saturated carbocycles. The van der Waals surface area contributed by atoms with Gasteiger partial charge in [-0.1, -0.05) is 38.6 Å². The number of amides is 1. The van der Waals surface area contributed by atoms with Crippen molar-refractivity contribution in [2.75, 3.05) is 7.05 Å². The molecule has 8 nitrogen and oxygen atoms in total. The van der Waals surface area contributed by atoms with Crippen LogP contribution in [0.4, 0.5) is 4.79 Å². The number of carbonyl (C=O) groups excluding carboxylic acids is 2. The molecule has 34 heavy (non-hydrogen) atoms. The van der Waals surface area contributed by atoms with Crippen LogP contribution in [0.3, 0.4) is 0 Å². The lowest BCUT2D eigenvalue weighted by atomic mass is 9.67. The molecule has 9 heteroatoms. The topological polar surface area (TPSA) is 94.0 Å². The molecule has 186 valence electrons. The predicted molar refractivity (Wildman–Crippen MR) is 135 cm³/mol. The first-order valence-electron chi connectivity index (χ1n) is 11.8. The highest BCUT2D eigenvalue weighted by molar-refractivity contribution is 7.80. The molecule has 1 aliphatic rings. The van der Waals surface area contributed by atoms with E-state index in [0.717, 1.165) is 30.5 Å². The highest BCUT2D eigenvalue weighted by Gasteiger charge is 2.49. The Labute approximate surface area is 206 Å². The molecule has 2 heterocycles. The van der Waals surface area contributed by atoms with Crippen LogP contribution in [0.5, 0.6) is 0 Å². The summed E-state index contributed by atoms with van der Waals surface area (Å²) in [5.74, 6) is -0.670. The van der Waals surface area contributed by atoms with Crippen molar-refractivity contribution in [2.45, 2.75) is 83.5 Å². The maximum atomic E-state index is 13.4. The van der Waals surface area contributed by atoms with Crippen molar-refractivity contribution in [3.8, 4) is 0 Å². The van der Waals surface area contributed by atoms with Crippen molar-refractivity contribution >= 4 is 34.9 Å². The Morgan fingerprint density at radius 3 is 2.65 bits per heavy atom. The van der Waals surface area contributed by atoms with Crippen molar-refractivity contribution in [2.24, 2.45) is 5.92 Å². The van der Waals surface area contributed by atoms with Gasteiger partial charge < -0.3 is 24.5 Å². The molecule has 3 atom stereocenters. The van der Waals surface area contributed by atoms with E-state index in [1.54, 1.807) is 34.0 Å². The van der Waals surface area contributed by atoms with Gasteiger partial charge in [-0.25, -0.2) is 14.6 Å². The summed E-state index contributed by atoms with van der Waals surface area (Å²) in [6.07, 6.45) is 7.83. The zero-order valence-corrected chi connectivity index (χ0v) is 21.7. The van der Waals surface area contributed by atoms with Gasteiger partial charge in [-0.05, 0) is 57.6 Å². The molecule has 2 aromatic rings. The summed E-state index contributed by atoms with van der Waals surface area (Å²) in [6, 6.07) is 3.12. The van der Waals surface area contributed by atoms with E-state index in [1.807, 2.05) is 42.8 Å². The summed E-state index contributed by atoms with van der Waals surface area (Å²) in [5, 5.41) is 5.85. The number of thiocarbonyl (C=S) groups is 1. The Kier molecular flexibility index (Phi) is 7.85. The molecular formula is C25H36N4O4S. The zero-order valence-electron chi connectivity index (χ0n) is 20.9. The third-order valence-electron chi connectivity index (χ3n) is 6.22. The van der Waals surface area contributed by atoms with Crippen molar-refractivity contribution < 1.29 is 19.1 Å². The Bertz CT molecular complexity index is 1040. The van der Waals surface area contributed by atoms with Gasteiger partial charge in [0, 0.05) is 25.6 Å². The van der Waals surface area contributed by atoms with Gasteiger partial charge in [0.15, 0.2) is 0 Å². The Morgan fingerprint density at radius 1 is 1.26 bits per heavy atom. The van der Waals surface area contributed by atoms with Crippen LogP contribution in [-0.4, -0.2) is 51.2 Å². The lowest BCUT2D eigenvalue weighted by Gasteiger charge is -2.44. The molecular weight excluding hydrogens is 452 g/mol. The quantitative estimate of drug-likeness (QED) is 0.466. The zero-order chi connectivity index (χ0) is 25.1. The number of hydrogen-bond donors (Lipinski definition) is 2. The lowest BCUT2D eigenvalue weighted by Crippen LogP contribution is -2.56. The predicted octanol–water partition coefficient (Wildman–Crippen LogP) is 4.15. The molecule has 0 aromatic carbocycles. The van der Waals surface area contributed by atoms with Crippen LogP contribution >= 0.6 is 12.2 Å². The molecule has 1 amide bonds. The number of rotatable bonds is 6. The van der Waals surface area contributed by atoms with Gasteiger partial charge in [0.25, 0.3) is 0 Å². The molecule has 0 saturated heterocycles. The minimum Gasteiger partial charge on any atom is -0.459 e. The fourth-order valence-electron chi connectivity index (χ4n) is 4.57. The number of hydrogen-bond acceptors (Lipinski definition) is 6. The van der Waals surface area contributed by atoms with Crippen LogP contribution in [0.1, 0.15) is 65.9 Å². The van der Waals surface area contributed by atoms with Crippen molar-refractivity contribution in [1.29, 1.82) is 0 Å². The first-order valence-corrected chi connectivity index (χ1v) is 12.2. The largest absolute Gasteiger partial charge is 0.459 e. The number of likely N-dealkylation sites (N-methyl/N-ethyl adjacent to an activating group) is 1. The van der Waals surface area contributed by atoms with Gasteiger partial charge >= 0.3 is 12.1 Å². The summed E-state index contributed by atoms with van der Waals surface area (Å²) >= 11 is 5.83. The monoisotopic (exact) mass is 488 g/mol. The van der Waals surface area contributed by atoms with Gasteiger partial charge in [0.05, 0.1) is 10.4 Å². The second-order valence-electron chi connectivity index (χ2n) is 10.2. The molecule has 0 aliphatic heterocycles. The highest BCUT2D eigenvalue weighted by atomic mass is 32.1. The van der Waals surface area contributed by atoms with E-state index in [2.05, 4.69) is 15.6 Å². The van der Waals surface area contributed by atoms with Crippen LogP contribution in [-0.2, 0) is 19.7 Å². The number of carbonyl (C=O) groups is 2. The third-order valence-corrected chi connectivity index (χ3v) is 6.79. The normalized spacial score (nSPS) is 21.7. The van der Waals surface area contributed by atoms with Crippen LogP contribution < -0.4 is 10.6 Å². The summed E-state index contributed by atoms with van der Waals surface area (Å²) in [5.41, 5.74) is 0.458. The Hall–Kier alpha value is -2.68. The molecule has 0 radical (unpaired) electrons. The fourth-order valence-corrected chi connectivity index (χ4v) is 4.93. The standard InChI is InChI=1S/C25H36N4O4S/c1-16(2)20(28-23(31)33-24(3,4)5)21(30)32-18-9-7-8-12-25(18,22(34)26-6)17-10-11-19-27-13-14-29(19)15-17/h10-11,13-16,18,20H,7-9,12H2,1-6H3,(H,26,34)(H,28,31)/t18?,20-,25?/m0/s1. The number of imidazole rings is 1. The lowest BCUT2D eigenvalue weighted by molar-refractivity contribution is -0.157. The number of esters is 1. The second kappa shape index (κ2) is 10.3. The summed E-state index contributed by atoms with van der Waals surface area (Å²) in [4.78, 5) is 30.7. The van der Waals surface area contributed by atoms with Crippen LogP contribution in [0, 0.1) is 5.92 Å². The Balaban J connectivity index is 1.92. The molecule has 0 bridgehead atoms. The van der Waals surface area contributed by atoms with Crippen molar-refractivity contribution in [3.05, 3.63) is 36.3 Å². The highest BCUT2D eigenvalue weighted by Crippen LogP contribution is 2.42. The van der Waals surface area contributed by atoms with Crippen molar-refractivity contribution in [1.82, 2.24) is 20.0 Å². The minimum absolute atomic E-state index is 0.184. The molecule has 1 fully saturated rings. The van der Waals surface area contributed by atoms with Gasteiger partial charge in [0.2, 0.25) is 0 Å². The number of nitrogens with one attached hydrogen (secondary N) is 2. The average Bonchev–Trinajstić information content (AvgIpc) is 3.23. The summed E-state index contributed by atoms with van der Waals surface area (Å²) < 4.78 is 13.5. The fraction of sp³-hybridized carbons (Fsp3) is 0.600. The minimum atomic E-state index is -0.839. The molecule has 0 spiro atoms. The Morgan fingerprint density at radius 2 is 2.00 bits per heavy atom. The number of aromatic nitrogens is 2. The number of pyridine rings is 1. The summed E-state index contributed by atoms with van der Waals surface area (Å²) in [7, 11) is 1.80. The van der Waals surface area contributed by atoms with E-state index >= 15 is 0 Å². The third kappa shape index (κ3) is 5.51. The van der Waals surface area contributed by atoms with E-state index in [0.29, 0.717) is 11.4 Å². The van der Waals surface area contributed by atoms with E-state index in [4.69, 9.17) is 21.7 Å². The SMILES string of the molecule is CNC(=S)C1(c2ccc3nccn3c2)CCCCC1OC(=O)[C@@H](NC(=O)OC(C)(C)C)C(C)C. The van der Waals surface area contributed by atoms with Gasteiger partial charge in [-0.3, -0.25) is 0 Å². The molecule has 2 aromatic heterocycles. The second-order valence-corrected chi connectivity index (χ2v) is 10.6. The first kappa shape index (κ1) is 25.9. The van der Waals surface area contributed by atoms with Crippen molar-refractivity contribution in [3.63, 3.8) is 0 Å². The maximum absolute atomic E-state index is 13.4. The molecule has 2 N–H and O–H groups in total. The smallest absolute Gasteiger partial charge is 0.408 e. The number of nitrogens with zero attached hydrogens (tertiary/aromatic N) is 2. The van der Waals surface area contributed by atoms with E-state index < -0.39 is 35.2 Å². The summed E-state index contributed by atoms with van der Waals surface area (Å²) in [6.45, 7) is 9.07. The van der Waals surface area contributed by atoms with Gasteiger partial charge in [-0.2, -0.15) is 0 Å². The number of alkyl carbamates (subject to hydrolysis) is 1. The molecule has 1 aliphatic carbocycles. The van der Waals surface area contributed by atoms with Gasteiger partial charge in [0.1, 0.15) is 23.4 Å². The van der Waals surface area contributed by atoms with E-state index in [-0.39, 0.29) is 5.92 Å². The molecule has 3 rings (SSSR count). The number of ether oxygens (including phenoxy) is 2. The van der Waals surface area contributed by atoms with E-state index in [9.17, 15) is 9.59 Å². The van der Waals surface area contributed by atoms with Crippen LogP contribution in [0.25, 0.3) is 5.65 Å². The number of fused-ring (bicyclic) bond motifs is 1. The first-order chi connectivity index (χ1) is 16.0.